The first kappa shape index (κ1) is 30.4. The van der Waals surface area contributed by atoms with Crippen LogP contribution in [0.15, 0.2) is 66.1 Å². The fourth-order valence-corrected chi connectivity index (χ4v) is 5.59. The predicted molar refractivity (Wildman–Crippen MR) is 151 cm³/mol. The summed E-state index contributed by atoms with van der Waals surface area (Å²) in [5.74, 6) is -1.53. The number of methoxy groups -OCH3 is 1. The number of hydrogen-bond acceptors (Lipinski definition) is 10. The van der Waals surface area contributed by atoms with Gasteiger partial charge >= 0.3 is 12.1 Å². The van der Waals surface area contributed by atoms with Gasteiger partial charge < -0.3 is 24.8 Å². The number of benzene rings is 2. The molecule has 1 unspecified atom stereocenters. The van der Waals surface area contributed by atoms with Crippen molar-refractivity contribution in [3.05, 3.63) is 87.3 Å². The van der Waals surface area contributed by atoms with Crippen LogP contribution in [0.1, 0.15) is 37.9 Å². The highest BCUT2D eigenvalue weighted by Crippen LogP contribution is 2.41. The zero-order valence-corrected chi connectivity index (χ0v) is 24.1. The third-order valence-electron chi connectivity index (χ3n) is 6.24. The van der Waals surface area contributed by atoms with Gasteiger partial charge in [0.15, 0.2) is 5.70 Å². The number of hydrogen-bond donors (Lipinski definition) is 2. The zero-order chi connectivity index (χ0) is 30.6. The lowest BCUT2D eigenvalue weighted by molar-refractivity contribution is -0.384. The molecular weight excluding hydrogens is 568 g/mol. The van der Waals surface area contributed by atoms with E-state index in [1.165, 1.54) is 48.0 Å². The Morgan fingerprint density at radius 2 is 1.79 bits per heavy atom. The molecule has 2 heterocycles. The third kappa shape index (κ3) is 6.82. The minimum atomic E-state index is -1.15. The second-order valence-electron chi connectivity index (χ2n) is 10.4. The lowest BCUT2D eigenvalue weighted by Gasteiger charge is -2.49. The van der Waals surface area contributed by atoms with Crippen LogP contribution >= 0.6 is 11.8 Å². The molecule has 42 heavy (non-hydrogen) atoms. The maximum absolute atomic E-state index is 13.4. The molecule has 13 nitrogen and oxygen atoms in total. The van der Waals surface area contributed by atoms with E-state index >= 15 is 0 Å². The molecule has 2 aromatic rings. The van der Waals surface area contributed by atoms with E-state index in [9.17, 15) is 29.3 Å². The molecular formula is C28H30N4O9S. The Labute approximate surface area is 245 Å². The van der Waals surface area contributed by atoms with Crippen LogP contribution < -0.4 is 10.6 Å². The second-order valence-corrected chi connectivity index (χ2v) is 11.5. The molecule has 2 aliphatic heterocycles. The number of alkyl carbamates (subject to hydrolysis) is 1. The van der Waals surface area contributed by atoms with Crippen molar-refractivity contribution in [2.75, 3.05) is 12.9 Å². The Balaban J connectivity index is 1.46. The number of nitro benzene ring substituents is 1. The predicted octanol–water partition coefficient (Wildman–Crippen LogP) is 3.16. The number of nitro groups is 1. The standard InChI is InChI=1S/C28H30N4O9S/c1-28(2,3)41-27(36)30-20(17-8-6-5-7-9-17)23(33)29-21-24(34)31-22(19(39-4)15-42-25(21)31)26(35)40-14-16-10-12-18(13-11-16)32(37)38/h5-13,20-21,25H,14-15H2,1-4H3,(H,29,33)(H,30,36)/t20?,21-,25-/m1/s1. The third-order valence-corrected chi connectivity index (χ3v) is 7.50. The molecule has 2 aromatic carbocycles. The summed E-state index contributed by atoms with van der Waals surface area (Å²) in [5, 5.41) is 15.5. The monoisotopic (exact) mass is 598 g/mol. The van der Waals surface area contributed by atoms with Gasteiger partial charge in [-0.05, 0) is 44.0 Å². The molecule has 4 rings (SSSR count). The highest BCUT2D eigenvalue weighted by Gasteiger charge is 2.55. The Hall–Kier alpha value is -4.59. The number of β-lactam (4-membered cyclic amide) rings is 1. The van der Waals surface area contributed by atoms with Gasteiger partial charge in [-0.3, -0.25) is 24.6 Å². The van der Waals surface area contributed by atoms with Crippen LogP contribution in [-0.2, 0) is 35.2 Å². The zero-order valence-electron chi connectivity index (χ0n) is 23.3. The number of non-ortho nitro benzene ring substituents is 1. The topological polar surface area (TPSA) is 166 Å². The number of esters is 1. The van der Waals surface area contributed by atoms with Crippen LogP contribution in [0.4, 0.5) is 10.5 Å². The average Bonchev–Trinajstić information content (AvgIpc) is 2.96. The summed E-state index contributed by atoms with van der Waals surface area (Å²) in [6.07, 6.45) is -0.800. The van der Waals surface area contributed by atoms with E-state index in [1.807, 2.05) is 0 Å². The van der Waals surface area contributed by atoms with Crippen LogP contribution in [0, 0.1) is 10.1 Å². The lowest BCUT2D eigenvalue weighted by atomic mass is 10.0. The summed E-state index contributed by atoms with van der Waals surface area (Å²) in [6, 6.07) is 11.9. The highest BCUT2D eigenvalue weighted by molar-refractivity contribution is 8.00. The van der Waals surface area contributed by atoms with E-state index in [2.05, 4.69) is 10.6 Å². The maximum atomic E-state index is 13.4. The number of rotatable bonds is 9. The number of carbonyl (C=O) groups excluding carboxylic acids is 4. The number of nitrogens with zero attached hydrogens (tertiary/aromatic N) is 2. The van der Waals surface area contributed by atoms with Gasteiger partial charge in [0.25, 0.3) is 11.6 Å². The Kier molecular flexibility index (Phi) is 9.05. The normalized spacial score (nSPS) is 18.7. The van der Waals surface area contributed by atoms with Crippen molar-refractivity contribution >= 4 is 41.3 Å². The number of nitrogens with one attached hydrogen (secondary N) is 2. The van der Waals surface area contributed by atoms with Crippen LogP contribution in [0.5, 0.6) is 0 Å². The molecule has 3 amide bonds. The van der Waals surface area contributed by atoms with Gasteiger partial charge in [-0.2, -0.15) is 0 Å². The van der Waals surface area contributed by atoms with Gasteiger partial charge in [-0.25, -0.2) is 9.59 Å². The Morgan fingerprint density at radius 3 is 2.38 bits per heavy atom. The minimum Gasteiger partial charge on any atom is -0.498 e. The number of amides is 3. The Bertz CT molecular complexity index is 1410. The fraction of sp³-hybridized carbons (Fsp3) is 0.357. The first-order valence-corrected chi connectivity index (χ1v) is 13.9. The molecule has 0 bridgehead atoms. The van der Waals surface area contributed by atoms with E-state index in [1.54, 1.807) is 51.1 Å². The smallest absolute Gasteiger partial charge is 0.408 e. The summed E-state index contributed by atoms with van der Waals surface area (Å²) in [4.78, 5) is 63.8. The van der Waals surface area contributed by atoms with Crippen molar-refractivity contribution in [1.82, 2.24) is 15.5 Å². The first-order valence-electron chi connectivity index (χ1n) is 12.9. The highest BCUT2D eigenvalue weighted by atomic mass is 32.2. The SMILES string of the molecule is COC1=C(C(=O)OCc2ccc([N+](=O)[O-])cc2)N2C(=O)[C@@H](NC(=O)C(NC(=O)OC(C)(C)C)c3ccccc3)[C@H]2SC1. The van der Waals surface area contributed by atoms with E-state index < -0.39 is 51.9 Å². The molecule has 2 aliphatic rings. The van der Waals surface area contributed by atoms with Crippen LogP contribution in [0.25, 0.3) is 0 Å². The molecule has 2 N–H and O–H groups in total. The molecule has 0 aromatic heterocycles. The molecule has 1 fully saturated rings. The fourth-order valence-electron chi connectivity index (χ4n) is 4.28. The van der Waals surface area contributed by atoms with Crippen molar-refractivity contribution < 1.29 is 38.3 Å². The number of ether oxygens (including phenoxy) is 3. The summed E-state index contributed by atoms with van der Waals surface area (Å²) in [7, 11) is 1.37. The maximum Gasteiger partial charge on any atom is 0.408 e. The van der Waals surface area contributed by atoms with Gasteiger partial charge in [-0.15, -0.1) is 11.8 Å². The second kappa shape index (κ2) is 12.5. The summed E-state index contributed by atoms with van der Waals surface area (Å²) >= 11 is 1.29. The van der Waals surface area contributed by atoms with Crippen molar-refractivity contribution in [2.45, 2.75) is 50.4 Å². The lowest BCUT2D eigenvalue weighted by Crippen LogP contribution is -2.71. The number of carbonyl (C=O) groups is 4. The number of thioether (sulfide) groups is 1. The molecule has 14 heteroatoms. The summed E-state index contributed by atoms with van der Waals surface area (Å²) < 4.78 is 16.1. The van der Waals surface area contributed by atoms with Gasteiger partial charge in [0.05, 0.1) is 17.8 Å². The molecule has 0 saturated carbocycles. The summed E-state index contributed by atoms with van der Waals surface area (Å²) in [5.41, 5.74) is 0.0271. The largest absolute Gasteiger partial charge is 0.498 e. The van der Waals surface area contributed by atoms with Crippen molar-refractivity contribution in [3.8, 4) is 0 Å². The molecule has 0 spiro atoms. The molecule has 3 atom stereocenters. The van der Waals surface area contributed by atoms with Gasteiger partial charge in [0.2, 0.25) is 5.91 Å². The van der Waals surface area contributed by atoms with Gasteiger partial charge in [0.1, 0.15) is 35.4 Å². The number of fused-ring (bicyclic) bond motifs is 1. The molecule has 0 radical (unpaired) electrons. The van der Waals surface area contributed by atoms with E-state index in [0.29, 0.717) is 11.1 Å². The van der Waals surface area contributed by atoms with Crippen molar-refractivity contribution in [1.29, 1.82) is 0 Å². The van der Waals surface area contributed by atoms with E-state index in [4.69, 9.17) is 14.2 Å². The van der Waals surface area contributed by atoms with Crippen molar-refractivity contribution in [3.63, 3.8) is 0 Å². The van der Waals surface area contributed by atoms with E-state index in [0.717, 1.165) is 0 Å². The quantitative estimate of drug-likeness (QED) is 0.189. The minimum absolute atomic E-state index is 0.0786. The Morgan fingerprint density at radius 1 is 1.12 bits per heavy atom. The molecule has 1 saturated heterocycles. The molecule has 222 valence electrons. The average molecular weight is 599 g/mol. The van der Waals surface area contributed by atoms with E-state index in [-0.39, 0.29) is 29.5 Å². The van der Waals surface area contributed by atoms with Crippen molar-refractivity contribution in [2.24, 2.45) is 0 Å². The molecule has 0 aliphatic carbocycles. The first-order chi connectivity index (χ1) is 19.9. The van der Waals surface area contributed by atoms with Crippen LogP contribution in [-0.4, -0.2) is 63.6 Å². The van der Waals surface area contributed by atoms with Gasteiger partial charge in [-0.1, -0.05) is 30.3 Å². The van der Waals surface area contributed by atoms with Gasteiger partial charge in [0, 0.05) is 12.1 Å². The summed E-state index contributed by atoms with van der Waals surface area (Å²) in [6.45, 7) is 4.90. The van der Waals surface area contributed by atoms with Crippen LogP contribution in [0.2, 0.25) is 0 Å². The van der Waals surface area contributed by atoms with Crippen LogP contribution in [0.3, 0.4) is 0 Å².